The molecule has 2 rings (SSSR count). The van der Waals surface area contributed by atoms with Crippen molar-refractivity contribution in [3.05, 3.63) is 40.0 Å². The van der Waals surface area contributed by atoms with Crippen molar-refractivity contribution in [1.82, 2.24) is 9.97 Å². The Morgan fingerprint density at radius 2 is 2.06 bits per heavy atom. The summed E-state index contributed by atoms with van der Waals surface area (Å²) in [6.45, 7) is 4.71. The Morgan fingerprint density at radius 1 is 1.28 bits per heavy atom. The maximum absolute atomic E-state index is 6.19. The quantitative estimate of drug-likeness (QED) is 0.917. The van der Waals surface area contributed by atoms with Gasteiger partial charge >= 0.3 is 0 Å². The molecular formula is C13H13Cl2N3. The molecule has 0 aliphatic carbocycles. The molecular weight excluding hydrogens is 269 g/mol. The van der Waals surface area contributed by atoms with Gasteiger partial charge in [0.15, 0.2) is 0 Å². The molecule has 0 aliphatic rings. The summed E-state index contributed by atoms with van der Waals surface area (Å²) in [5.74, 6) is 0.592. The molecule has 0 saturated heterocycles. The Kier molecular flexibility index (Phi) is 4.04. The Labute approximate surface area is 116 Å². The molecule has 1 aromatic carbocycles. The third kappa shape index (κ3) is 2.74. The highest BCUT2D eigenvalue weighted by molar-refractivity contribution is 6.35. The Hall–Kier alpha value is -1.32. The van der Waals surface area contributed by atoms with E-state index in [1.807, 2.05) is 19.9 Å². The van der Waals surface area contributed by atoms with Crippen LogP contribution in [0.4, 0.5) is 5.95 Å². The van der Waals surface area contributed by atoms with Gasteiger partial charge in [0.05, 0.1) is 10.7 Å². The minimum atomic E-state index is 0.592. The van der Waals surface area contributed by atoms with Crippen LogP contribution in [0, 0.1) is 6.92 Å². The standard InChI is InChI=1S/C13H13Cl2N3/c1-3-16-13-17-7-8(2)12(18-13)10-6-9(14)4-5-11(10)15/h4-7H,3H2,1-2H3,(H,16,17,18). The first-order valence-electron chi connectivity index (χ1n) is 5.64. The fraction of sp³-hybridized carbons (Fsp3) is 0.231. The molecule has 0 spiro atoms. The van der Waals surface area contributed by atoms with E-state index in [4.69, 9.17) is 23.2 Å². The summed E-state index contributed by atoms with van der Waals surface area (Å²) in [4.78, 5) is 8.68. The monoisotopic (exact) mass is 281 g/mol. The van der Waals surface area contributed by atoms with Gasteiger partial charge in [-0.25, -0.2) is 9.97 Å². The van der Waals surface area contributed by atoms with Crippen LogP contribution in [0.5, 0.6) is 0 Å². The number of nitrogens with one attached hydrogen (secondary N) is 1. The van der Waals surface area contributed by atoms with Crippen LogP contribution in [0.3, 0.4) is 0 Å². The first-order chi connectivity index (χ1) is 8.61. The van der Waals surface area contributed by atoms with E-state index < -0.39 is 0 Å². The second kappa shape index (κ2) is 5.55. The van der Waals surface area contributed by atoms with Gasteiger partial charge in [0.1, 0.15) is 0 Å². The number of halogens is 2. The van der Waals surface area contributed by atoms with Crippen LogP contribution in [-0.4, -0.2) is 16.5 Å². The van der Waals surface area contributed by atoms with Crippen molar-refractivity contribution in [3.63, 3.8) is 0 Å². The molecule has 0 bridgehead atoms. The third-order valence-electron chi connectivity index (χ3n) is 2.49. The number of aryl methyl sites for hydroxylation is 1. The molecule has 0 radical (unpaired) electrons. The van der Waals surface area contributed by atoms with Crippen molar-refractivity contribution in [2.45, 2.75) is 13.8 Å². The van der Waals surface area contributed by atoms with E-state index in [1.165, 1.54) is 0 Å². The molecule has 0 fully saturated rings. The van der Waals surface area contributed by atoms with Crippen molar-refractivity contribution >= 4 is 29.2 Å². The molecule has 2 aromatic rings. The molecule has 3 nitrogen and oxygen atoms in total. The van der Waals surface area contributed by atoms with E-state index in [-0.39, 0.29) is 0 Å². The van der Waals surface area contributed by atoms with Crippen molar-refractivity contribution in [2.24, 2.45) is 0 Å². The van der Waals surface area contributed by atoms with Crippen molar-refractivity contribution < 1.29 is 0 Å². The maximum atomic E-state index is 6.19. The molecule has 1 heterocycles. The van der Waals surface area contributed by atoms with Gasteiger partial charge in [-0.3, -0.25) is 0 Å². The molecule has 18 heavy (non-hydrogen) atoms. The lowest BCUT2D eigenvalue weighted by Crippen LogP contribution is -2.03. The SMILES string of the molecule is CCNc1ncc(C)c(-c2cc(Cl)ccc2Cl)n1. The van der Waals surface area contributed by atoms with Crippen LogP contribution in [0.15, 0.2) is 24.4 Å². The van der Waals surface area contributed by atoms with E-state index in [1.54, 1.807) is 18.3 Å². The largest absolute Gasteiger partial charge is 0.354 e. The third-order valence-corrected chi connectivity index (χ3v) is 3.05. The molecule has 1 aromatic heterocycles. The fourth-order valence-electron chi connectivity index (χ4n) is 1.64. The molecule has 0 amide bonds. The zero-order chi connectivity index (χ0) is 13.1. The van der Waals surface area contributed by atoms with Crippen LogP contribution in [0.1, 0.15) is 12.5 Å². The number of aromatic nitrogens is 2. The number of hydrogen-bond donors (Lipinski definition) is 1. The molecule has 1 N–H and O–H groups in total. The Balaban J connectivity index is 2.55. The summed E-state index contributed by atoms with van der Waals surface area (Å²) in [6, 6.07) is 5.34. The summed E-state index contributed by atoms with van der Waals surface area (Å²) >= 11 is 12.2. The Bertz CT molecular complexity index is 570. The van der Waals surface area contributed by atoms with Crippen molar-refractivity contribution in [1.29, 1.82) is 0 Å². The van der Waals surface area contributed by atoms with Gasteiger partial charge in [-0.05, 0) is 37.6 Å². The van der Waals surface area contributed by atoms with Gasteiger partial charge in [-0.15, -0.1) is 0 Å². The number of benzene rings is 1. The number of nitrogens with zero attached hydrogens (tertiary/aromatic N) is 2. The van der Waals surface area contributed by atoms with E-state index in [0.29, 0.717) is 16.0 Å². The van der Waals surface area contributed by atoms with Gasteiger partial charge in [0.25, 0.3) is 0 Å². The minimum absolute atomic E-state index is 0.592. The highest BCUT2D eigenvalue weighted by atomic mass is 35.5. The van der Waals surface area contributed by atoms with E-state index in [2.05, 4.69) is 15.3 Å². The first-order valence-corrected chi connectivity index (χ1v) is 6.40. The second-order valence-electron chi connectivity index (χ2n) is 3.88. The van der Waals surface area contributed by atoms with Gasteiger partial charge in [0, 0.05) is 23.3 Å². The lowest BCUT2D eigenvalue weighted by molar-refractivity contribution is 1.07. The van der Waals surface area contributed by atoms with Gasteiger partial charge < -0.3 is 5.32 Å². The van der Waals surface area contributed by atoms with E-state index in [0.717, 1.165) is 23.4 Å². The van der Waals surface area contributed by atoms with E-state index in [9.17, 15) is 0 Å². The number of hydrogen-bond acceptors (Lipinski definition) is 3. The molecule has 0 atom stereocenters. The zero-order valence-corrected chi connectivity index (χ0v) is 11.7. The molecule has 0 aliphatic heterocycles. The van der Waals surface area contributed by atoms with Crippen LogP contribution in [0.25, 0.3) is 11.3 Å². The summed E-state index contributed by atoms with van der Waals surface area (Å²) in [7, 11) is 0. The van der Waals surface area contributed by atoms with Crippen molar-refractivity contribution in [2.75, 3.05) is 11.9 Å². The molecule has 0 saturated carbocycles. The van der Waals surface area contributed by atoms with Gasteiger partial charge in [-0.1, -0.05) is 23.2 Å². The van der Waals surface area contributed by atoms with Crippen LogP contribution in [0.2, 0.25) is 10.0 Å². The van der Waals surface area contributed by atoms with Crippen LogP contribution < -0.4 is 5.32 Å². The summed E-state index contributed by atoms with van der Waals surface area (Å²) < 4.78 is 0. The molecule has 0 unspecified atom stereocenters. The normalized spacial score (nSPS) is 10.4. The highest BCUT2D eigenvalue weighted by Crippen LogP contribution is 2.31. The van der Waals surface area contributed by atoms with Crippen molar-refractivity contribution in [3.8, 4) is 11.3 Å². The van der Waals surface area contributed by atoms with Gasteiger partial charge in [-0.2, -0.15) is 0 Å². The van der Waals surface area contributed by atoms with Crippen LogP contribution in [-0.2, 0) is 0 Å². The average molecular weight is 282 g/mol. The predicted molar refractivity (Wildman–Crippen MR) is 76.4 cm³/mol. The zero-order valence-electron chi connectivity index (χ0n) is 10.2. The van der Waals surface area contributed by atoms with Crippen LogP contribution >= 0.6 is 23.2 Å². The molecule has 5 heteroatoms. The summed E-state index contributed by atoms with van der Waals surface area (Å²) in [5.41, 5.74) is 2.58. The Morgan fingerprint density at radius 3 is 2.78 bits per heavy atom. The summed E-state index contributed by atoms with van der Waals surface area (Å²) in [6.07, 6.45) is 1.78. The average Bonchev–Trinajstić information content (AvgIpc) is 2.35. The highest BCUT2D eigenvalue weighted by Gasteiger charge is 2.10. The van der Waals surface area contributed by atoms with E-state index >= 15 is 0 Å². The maximum Gasteiger partial charge on any atom is 0.223 e. The lowest BCUT2D eigenvalue weighted by atomic mass is 10.1. The smallest absolute Gasteiger partial charge is 0.223 e. The second-order valence-corrected chi connectivity index (χ2v) is 4.72. The fourth-order valence-corrected chi connectivity index (χ4v) is 2.02. The van der Waals surface area contributed by atoms with Gasteiger partial charge in [0.2, 0.25) is 5.95 Å². The first kappa shape index (κ1) is 13.1. The number of anilines is 1. The lowest BCUT2D eigenvalue weighted by Gasteiger charge is -2.09. The minimum Gasteiger partial charge on any atom is -0.354 e. The number of rotatable bonds is 3. The molecule has 94 valence electrons. The predicted octanol–water partition coefficient (Wildman–Crippen LogP) is 4.19. The topological polar surface area (TPSA) is 37.8 Å². The summed E-state index contributed by atoms with van der Waals surface area (Å²) in [5, 5.41) is 4.35.